The highest BCUT2D eigenvalue weighted by atomic mass is 27.2. The third kappa shape index (κ3) is 7.05. The summed E-state index contributed by atoms with van der Waals surface area (Å²) < 4.78 is 0. The molecular weight excluding hydrogens is 483 g/mol. The number of fused-ring (bicyclic) bond motifs is 3. The topological polar surface area (TPSA) is 0 Å². The van der Waals surface area contributed by atoms with Gasteiger partial charge < -0.3 is 0 Å². The summed E-state index contributed by atoms with van der Waals surface area (Å²) in [6.07, 6.45) is 29.9. The van der Waals surface area contributed by atoms with E-state index in [9.17, 15) is 0 Å². The van der Waals surface area contributed by atoms with E-state index in [1.165, 1.54) is 89.9 Å². The van der Waals surface area contributed by atoms with Crippen molar-refractivity contribution in [2.75, 3.05) is 0 Å². The van der Waals surface area contributed by atoms with E-state index in [1.807, 2.05) is 0 Å². The van der Waals surface area contributed by atoms with E-state index in [0.29, 0.717) is 0 Å². The summed E-state index contributed by atoms with van der Waals surface area (Å²) in [5, 5.41) is 5.00. The highest BCUT2D eigenvalue weighted by Gasteiger charge is 2.38. The zero-order valence-corrected chi connectivity index (χ0v) is 26.8. The van der Waals surface area contributed by atoms with Crippen molar-refractivity contribution < 1.29 is 0 Å². The summed E-state index contributed by atoms with van der Waals surface area (Å²) in [4.78, 5) is 0. The Morgan fingerprint density at radius 3 is 1.62 bits per heavy atom. The van der Waals surface area contributed by atoms with Gasteiger partial charge in [0.1, 0.15) is 0 Å². The molecule has 0 aromatic heterocycles. The van der Waals surface area contributed by atoms with Crippen molar-refractivity contribution in [2.45, 2.75) is 144 Å². The molecule has 6 rings (SSSR count). The molecule has 9 atom stereocenters. The van der Waals surface area contributed by atoms with Gasteiger partial charge in [0.25, 0.3) is 14.1 Å². The molecular formula is C38H61Al. The lowest BCUT2D eigenvalue weighted by atomic mass is 9.73. The van der Waals surface area contributed by atoms with E-state index in [0.717, 1.165) is 53.3 Å². The minimum atomic E-state index is -0.615. The molecule has 0 bridgehead atoms. The molecule has 0 amide bonds. The third-order valence-electron chi connectivity index (χ3n) is 13.8. The monoisotopic (exact) mass is 544 g/mol. The van der Waals surface area contributed by atoms with Gasteiger partial charge in [-0.1, -0.05) is 90.8 Å². The van der Waals surface area contributed by atoms with Crippen LogP contribution in [0.25, 0.3) is 0 Å². The molecule has 0 heterocycles. The molecule has 6 fully saturated rings. The lowest BCUT2D eigenvalue weighted by molar-refractivity contribution is 0.214. The average Bonchev–Trinajstić information content (AvgIpc) is 3.64. The standard InChI is InChI=1S/C14H23.2C12H19.Al/c1-3-4-5-12-7-9-14-11(2)6-8-13(14)10-12;1-3-10-5-7-12-9(2)4-6-11(12)8-10;1-3-10-5-7-11-6-4-9(2)12(11)8-10;/h12-14H,1-10H2;2*10-12H,1-8H2;. The van der Waals surface area contributed by atoms with Crippen LogP contribution in [0, 0.1) is 53.3 Å². The molecule has 1 heteroatoms. The quantitative estimate of drug-likeness (QED) is 0.138. The SMILES string of the molecule is C=C1CCC2CC(CCC[CH2][Al]([CH2]CC3CCC4C(=C)CCC4C3)[CH2]CC3CCC4CCC(=C)C4C3)CCC12. The van der Waals surface area contributed by atoms with Crippen molar-refractivity contribution in [3.05, 3.63) is 36.5 Å². The first kappa shape index (κ1) is 28.9. The molecule has 0 N–H and O–H groups in total. The van der Waals surface area contributed by atoms with Crippen molar-refractivity contribution in [1.29, 1.82) is 0 Å². The fourth-order valence-corrected chi connectivity index (χ4v) is 14.9. The van der Waals surface area contributed by atoms with Gasteiger partial charge >= 0.3 is 0 Å². The summed E-state index contributed by atoms with van der Waals surface area (Å²) >= 11 is -0.615. The highest BCUT2D eigenvalue weighted by Crippen LogP contribution is 2.50. The van der Waals surface area contributed by atoms with E-state index >= 15 is 0 Å². The summed E-state index contributed by atoms with van der Waals surface area (Å²) in [5.74, 6) is 8.90. The van der Waals surface area contributed by atoms with Crippen molar-refractivity contribution in [3.63, 3.8) is 0 Å². The predicted octanol–water partition coefficient (Wildman–Crippen LogP) is 11.6. The fraction of sp³-hybridized carbons (Fsp3) is 0.842. The molecule has 6 aliphatic carbocycles. The first-order valence-electron chi connectivity index (χ1n) is 18.1. The van der Waals surface area contributed by atoms with Crippen LogP contribution in [0.3, 0.4) is 0 Å². The van der Waals surface area contributed by atoms with E-state index in [-0.39, 0.29) is 0 Å². The molecule has 9 unspecified atom stereocenters. The Hall–Kier alpha value is -0.248. The second-order valence-corrected chi connectivity index (χ2v) is 19.5. The van der Waals surface area contributed by atoms with Crippen LogP contribution in [-0.2, 0) is 0 Å². The summed E-state index contributed by atoms with van der Waals surface area (Å²) in [6, 6.07) is 0. The molecule has 39 heavy (non-hydrogen) atoms. The Labute approximate surface area is 247 Å². The van der Waals surface area contributed by atoms with Gasteiger partial charge in [0, 0.05) is 0 Å². The average molecular weight is 545 g/mol. The Balaban J connectivity index is 0.959. The molecule has 0 spiro atoms. The van der Waals surface area contributed by atoms with Gasteiger partial charge in [-0.25, -0.2) is 0 Å². The summed E-state index contributed by atoms with van der Waals surface area (Å²) in [6.45, 7) is 13.3. The van der Waals surface area contributed by atoms with Gasteiger partial charge in [-0.2, -0.15) is 0 Å². The molecule has 216 valence electrons. The fourth-order valence-electron chi connectivity index (χ4n) is 11.3. The third-order valence-corrected chi connectivity index (χ3v) is 17.3. The van der Waals surface area contributed by atoms with E-state index in [4.69, 9.17) is 0 Å². The molecule has 0 aromatic rings. The number of hydrogen-bond acceptors (Lipinski definition) is 0. The Morgan fingerprint density at radius 1 is 0.462 bits per heavy atom. The van der Waals surface area contributed by atoms with Crippen molar-refractivity contribution in [2.24, 2.45) is 53.3 Å². The van der Waals surface area contributed by atoms with Gasteiger partial charge in [-0.3, -0.25) is 0 Å². The van der Waals surface area contributed by atoms with E-state index in [1.54, 1.807) is 71.1 Å². The van der Waals surface area contributed by atoms with Crippen LogP contribution in [0.4, 0.5) is 0 Å². The molecule has 0 aliphatic heterocycles. The Bertz CT molecular complexity index is 868. The molecule has 0 saturated heterocycles. The van der Waals surface area contributed by atoms with Crippen molar-refractivity contribution >= 4 is 14.1 Å². The number of hydrogen-bond donors (Lipinski definition) is 0. The first-order valence-corrected chi connectivity index (χ1v) is 20.5. The van der Waals surface area contributed by atoms with Gasteiger partial charge in [0.15, 0.2) is 0 Å². The number of allylic oxidation sites excluding steroid dienone is 3. The summed E-state index contributed by atoms with van der Waals surface area (Å²) in [7, 11) is 0. The minimum Gasteiger partial charge on any atom is -0.0996 e. The van der Waals surface area contributed by atoms with Gasteiger partial charge in [-0.15, -0.1) is 0 Å². The maximum absolute atomic E-state index is 4.49. The van der Waals surface area contributed by atoms with Crippen molar-refractivity contribution in [3.8, 4) is 0 Å². The highest BCUT2D eigenvalue weighted by molar-refractivity contribution is 6.58. The maximum atomic E-state index is 4.49. The van der Waals surface area contributed by atoms with Crippen LogP contribution in [-0.4, -0.2) is 14.1 Å². The van der Waals surface area contributed by atoms with Crippen LogP contribution < -0.4 is 0 Å². The molecule has 0 nitrogen and oxygen atoms in total. The first-order chi connectivity index (χ1) is 19.0. The maximum Gasteiger partial charge on any atom is 0.261 e. The van der Waals surface area contributed by atoms with Gasteiger partial charge in [0.2, 0.25) is 0 Å². The predicted molar refractivity (Wildman–Crippen MR) is 171 cm³/mol. The van der Waals surface area contributed by atoms with E-state index < -0.39 is 14.1 Å². The summed E-state index contributed by atoms with van der Waals surface area (Å²) in [5.41, 5.74) is 4.83. The normalized spacial score (nSPS) is 40.0. The van der Waals surface area contributed by atoms with E-state index in [2.05, 4.69) is 19.7 Å². The minimum absolute atomic E-state index is 0.615. The second-order valence-electron chi connectivity index (χ2n) is 16.0. The van der Waals surface area contributed by atoms with Crippen LogP contribution in [0.5, 0.6) is 0 Å². The zero-order chi connectivity index (χ0) is 26.8. The number of unbranched alkanes of at least 4 members (excludes halogenated alkanes) is 1. The molecule has 6 saturated carbocycles. The Morgan fingerprint density at radius 2 is 0.974 bits per heavy atom. The Kier molecular flexibility index (Phi) is 9.89. The second kappa shape index (κ2) is 13.4. The van der Waals surface area contributed by atoms with Crippen LogP contribution in [0.15, 0.2) is 36.5 Å². The van der Waals surface area contributed by atoms with Crippen molar-refractivity contribution in [1.82, 2.24) is 0 Å². The van der Waals surface area contributed by atoms with Gasteiger partial charge in [0.05, 0.1) is 0 Å². The number of rotatable bonds is 11. The molecule has 0 radical (unpaired) electrons. The smallest absolute Gasteiger partial charge is 0.0996 e. The van der Waals surface area contributed by atoms with Crippen LogP contribution in [0.1, 0.15) is 128 Å². The largest absolute Gasteiger partial charge is 0.261 e. The van der Waals surface area contributed by atoms with Crippen LogP contribution in [0.2, 0.25) is 15.8 Å². The zero-order valence-electron chi connectivity index (χ0n) is 25.7. The lowest BCUT2D eigenvalue weighted by Crippen LogP contribution is -2.25. The van der Waals surface area contributed by atoms with Crippen LogP contribution >= 0.6 is 0 Å². The molecule has 6 aliphatic rings. The van der Waals surface area contributed by atoms with Gasteiger partial charge in [-0.05, 0) is 143 Å². The molecule has 0 aromatic carbocycles. The lowest BCUT2D eigenvalue weighted by Gasteiger charge is -2.34.